The van der Waals surface area contributed by atoms with Gasteiger partial charge in [0.1, 0.15) is 0 Å². The van der Waals surface area contributed by atoms with Crippen molar-refractivity contribution in [2.24, 2.45) is 17.6 Å². The van der Waals surface area contributed by atoms with Crippen LogP contribution in [-0.2, 0) is 0 Å². The molecule has 2 rings (SSSR count). The molecule has 0 aliphatic heterocycles. The van der Waals surface area contributed by atoms with Crippen LogP contribution >= 0.6 is 0 Å². The van der Waals surface area contributed by atoms with E-state index in [1.54, 1.807) is 0 Å². The lowest BCUT2D eigenvalue weighted by Gasteiger charge is -2.44. The van der Waals surface area contributed by atoms with Crippen LogP contribution in [0.15, 0.2) is 0 Å². The predicted octanol–water partition coefficient (Wildman–Crippen LogP) is 4.23. The lowest BCUT2D eigenvalue weighted by Crippen LogP contribution is -2.57. The van der Waals surface area contributed by atoms with Crippen molar-refractivity contribution in [3.8, 4) is 0 Å². The van der Waals surface area contributed by atoms with E-state index < -0.39 is 0 Å². The molecule has 2 nitrogen and oxygen atoms in total. The maximum Gasteiger partial charge on any atom is 0.0309 e. The van der Waals surface area contributed by atoms with E-state index in [9.17, 15) is 0 Å². The number of hydrogen-bond acceptors (Lipinski definition) is 2. The molecule has 0 aromatic carbocycles. The second-order valence-corrected chi connectivity index (χ2v) is 7.91. The van der Waals surface area contributed by atoms with E-state index >= 15 is 0 Å². The highest BCUT2D eigenvalue weighted by Gasteiger charge is 2.36. The topological polar surface area (TPSA) is 38.0 Å². The van der Waals surface area contributed by atoms with Crippen LogP contribution in [0.5, 0.6) is 0 Å². The largest absolute Gasteiger partial charge is 0.329 e. The highest BCUT2D eigenvalue weighted by atomic mass is 15.0. The Morgan fingerprint density at radius 3 is 2.35 bits per heavy atom. The molecule has 0 radical (unpaired) electrons. The van der Waals surface area contributed by atoms with Gasteiger partial charge in [-0.05, 0) is 43.9 Å². The van der Waals surface area contributed by atoms with Gasteiger partial charge < -0.3 is 11.1 Å². The van der Waals surface area contributed by atoms with Crippen molar-refractivity contribution in [3.63, 3.8) is 0 Å². The zero-order chi connectivity index (χ0) is 14.4. The average Bonchev–Trinajstić information content (AvgIpc) is 2.67. The summed E-state index contributed by atoms with van der Waals surface area (Å²) in [7, 11) is 0. The first-order valence-corrected chi connectivity index (χ1v) is 9.11. The molecule has 2 unspecified atom stereocenters. The number of rotatable bonds is 5. The minimum atomic E-state index is 0.257. The summed E-state index contributed by atoms with van der Waals surface area (Å²) < 4.78 is 0. The molecule has 118 valence electrons. The van der Waals surface area contributed by atoms with Gasteiger partial charge in [-0.15, -0.1) is 0 Å². The van der Waals surface area contributed by atoms with Crippen molar-refractivity contribution in [2.45, 2.75) is 96.1 Å². The Kier molecular flexibility index (Phi) is 6.35. The van der Waals surface area contributed by atoms with Crippen molar-refractivity contribution in [3.05, 3.63) is 0 Å². The molecule has 0 spiro atoms. The summed E-state index contributed by atoms with van der Waals surface area (Å²) in [5, 5.41) is 4.04. The van der Waals surface area contributed by atoms with E-state index in [1.165, 1.54) is 70.6 Å². The van der Waals surface area contributed by atoms with Gasteiger partial charge in [-0.2, -0.15) is 0 Å². The van der Waals surface area contributed by atoms with E-state index in [1.807, 2.05) is 0 Å². The molecular formula is C18H36N2. The first-order chi connectivity index (χ1) is 9.63. The fourth-order valence-corrected chi connectivity index (χ4v) is 4.59. The van der Waals surface area contributed by atoms with Gasteiger partial charge in [0.05, 0.1) is 0 Å². The molecule has 0 heterocycles. The SMILES string of the molecule is CC(C)CC1CCCC(CN)(NC2CCCCCC2)C1. The van der Waals surface area contributed by atoms with E-state index in [0.717, 1.165) is 24.4 Å². The van der Waals surface area contributed by atoms with E-state index in [0.29, 0.717) is 0 Å². The van der Waals surface area contributed by atoms with Gasteiger partial charge in [0, 0.05) is 18.1 Å². The monoisotopic (exact) mass is 280 g/mol. The molecule has 2 aliphatic rings. The van der Waals surface area contributed by atoms with Crippen molar-refractivity contribution in [1.29, 1.82) is 0 Å². The summed E-state index contributed by atoms with van der Waals surface area (Å²) in [4.78, 5) is 0. The zero-order valence-corrected chi connectivity index (χ0v) is 13.8. The number of hydrogen-bond donors (Lipinski definition) is 2. The van der Waals surface area contributed by atoms with Gasteiger partial charge >= 0.3 is 0 Å². The molecule has 0 aromatic heterocycles. The molecule has 0 amide bonds. The Morgan fingerprint density at radius 2 is 1.75 bits per heavy atom. The molecule has 2 heteroatoms. The van der Waals surface area contributed by atoms with Crippen LogP contribution < -0.4 is 11.1 Å². The Hall–Kier alpha value is -0.0800. The minimum absolute atomic E-state index is 0.257. The van der Waals surface area contributed by atoms with Gasteiger partial charge in [-0.1, -0.05) is 52.4 Å². The van der Waals surface area contributed by atoms with Gasteiger partial charge in [0.2, 0.25) is 0 Å². The summed E-state index contributed by atoms with van der Waals surface area (Å²) >= 11 is 0. The Bertz CT molecular complexity index is 269. The first kappa shape index (κ1) is 16.3. The van der Waals surface area contributed by atoms with E-state index in [2.05, 4.69) is 19.2 Å². The second kappa shape index (κ2) is 7.79. The molecule has 20 heavy (non-hydrogen) atoms. The van der Waals surface area contributed by atoms with Crippen molar-refractivity contribution >= 4 is 0 Å². The molecule has 0 bridgehead atoms. The first-order valence-electron chi connectivity index (χ1n) is 9.11. The van der Waals surface area contributed by atoms with Gasteiger partial charge in [0.15, 0.2) is 0 Å². The van der Waals surface area contributed by atoms with Gasteiger partial charge in [0.25, 0.3) is 0 Å². The van der Waals surface area contributed by atoms with Crippen LogP contribution in [0.2, 0.25) is 0 Å². The van der Waals surface area contributed by atoms with Gasteiger partial charge in [-0.3, -0.25) is 0 Å². The average molecular weight is 280 g/mol. The standard InChI is InChI=1S/C18H36N2/c1-15(2)12-16-8-7-11-18(13-16,14-19)20-17-9-5-3-4-6-10-17/h15-17,20H,3-14,19H2,1-2H3. The Balaban J connectivity index is 1.93. The summed E-state index contributed by atoms with van der Waals surface area (Å²) in [6.45, 7) is 5.55. The summed E-state index contributed by atoms with van der Waals surface area (Å²) in [6.07, 6.45) is 15.2. The smallest absolute Gasteiger partial charge is 0.0309 e. The van der Waals surface area contributed by atoms with Crippen molar-refractivity contribution in [1.82, 2.24) is 5.32 Å². The van der Waals surface area contributed by atoms with Crippen LogP contribution in [0, 0.1) is 11.8 Å². The Morgan fingerprint density at radius 1 is 1.05 bits per heavy atom. The summed E-state index contributed by atoms with van der Waals surface area (Å²) in [6, 6.07) is 0.735. The predicted molar refractivity (Wildman–Crippen MR) is 87.8 cm³/mol. The molecule has 2 aliphatic carbocycles. The zero-order valence-electron chi connectivity index (χ0n) is 13.8. The molecular weight excluding hydrogens is 244 g/mol. The third-order valence-corrected chi connectivity index (χ3v) is 5.51. The van der Waals surface area contributed by atoms with Crippen LogP contribution in [0.3, 0.4) is 0 Å². The lowest BCUT2D eigenvalue weighted by molar-refractivity contribution is 0.149. The lowest BCUT2D eigenvalue weighted by atomic mass is 9.72. The molecule has 2 atom stereocenters. The summed E-state index contributed by atoms with van der Waals surface area (Å²) in [5.74, 6) is 1.72. The minimum Gasteiger partial charge on any atom is -0.329 e. The number of nitrogens with one attached hydrogen (secondary N) is 1. The van der Waals surface area contributed by atoms with Crippen molar-refractivity contribution < 1.29 is 0 Å². The molecule has 2 saturated carbocycles. The summed E-state index contributed by atoms with van der Waals surface area (Å²) in [5.41, 5.74) is 6.48. The van der Waals surface area contributed by atoms with E-state index in [-0.39, 0.29) is 5.54 Å². The highest BCUT2D eigenvalue weighted by molar-refractivity contribution is 4.97. The van der Waals surface area contributed by atoms with Crippen LogP contribution in [0.4, 0.5) is 0 Å². The van der Waals surface area contributed by atoms with Crippen LogP contribution in [-0.4, -0.2) is 18.1 Å². The molecule has 0 saturated heterocycles. The normalized spacial score (nSPS) is 33.3. The number of nitrogens with two attached hydrogens (primary N) is 1. The van der Waals surface area contributed by atoms with Crippen LogP contribution in [0.1, 0.15) is 84.5 Å². The van der Waals surface area contributed by atoms with Crippen LogP contribution in [0.25, 0.3) is 0 Å². The highest BCUT2D eigenvalue weighted by Crippen LogP contribution is 2.36. The maximum atomic E-state index is 6.23. The van der Waals surface area contributed by atoms with E-state index in [4.69, 9.17) is 5.73 Å². The second-order valence-electron chi connectivity index (χ2n) is 7.91. The molecule has 3 N–H and O–H groups in total. The van der Waals surface area contributed by atoms with Gasteiger partial charge in [-0.25, -0.2) is 0 Å². The van der Waals surface area contributed by atoms with Crippen molar-refractivity contribution in [2.75, 3.05) is 6.54 Å². The third-order valence-electron chi connectivity index (χ3n) is 5.51. The quantitative estimate of drug-likeness (QED) is 0.740. The fraction of sp³-hybridized carbons (Fsp3) is 1.00. The maximum absolute atomic E-state index is 6.23. The molecule has 2 fully saturated rings. The molecule has 0 aromatic rings. The fourth-order valence-electron chi connectivity index (χ4n) is 4.59. The Labute approximate surface area is 126 Å². The third kappa shape index (κ3) is 4.73.